The third-order valence-corrected chi connectivity index (χ3v) is 7.54. The predicted molar refractivity (Wildman–Crippen MR) is 125 cm³/mol. The molecule has 1 saturated carbocycles. The fraction of sp³-hybridized carbons (Fsp3) is 0.417. The van der Waals surface area contributed by atoms with E-state index in [-0.39, 0.29) is 17.8 Å². The maximum atomic E-state index is 13.0. The first kappa shape index (κ1) is 25.1. The molecule has 1 fully saturated rings. The van der Waals surface area contributed by atoms with E-state index in [1.807, 2.05) is 26.8 Å². The lowest BCUT2D eigenvalue weighted by atomic mass is 9.67. The summed E-state index contributed by atoms with van der Waals surface area (Å²) in [6.07, 6.45) is -1.28. The van der Waals surface area contributed by atoms with Crippen LogP contribution in [0.25, 0.3) is 10.4 Å². The van der Waals surface area contributed by atoms with Crippen LogP contribution in [-0.2, 0) is 16.6 Å². The quantitative estimate of drug-likeness (QED) is 0.412. The van der Waals surface area contributed by atoms with Crippen molar-refractivity contribution in [3.05, 3.63) is 52.9 Å². The molecule has 0 radical (unpaired) electrons. The van der Waals surface area contributed by atoms with E-state index in [0.717, 1.165) is 28.3 Å². The molecule has 0 saturated heterocycles. The minimum absolute atomic E-state index is 0.172. The number of rotatable bonds is 5. The minimum Gasteiger partial charge on any atom is -0.481 e. The number of aliphatic carboxylic acids is 1. The van der Waals surface area contributed by atoms with Gasteiger partial charge in [-0.3, -0.25) is 4.79 Å². The van der Waals surface area contributed by atoms with Crippen molar-refractivity contribution in [2.75, 3.05) is 5.32 Å². The van der Waals surface area contributed by atoms with Crippen LogP contribution in [-0.4, -0.2) is 31.1 Å². The van der Waals surface area contributed by atoms with Gasteiger partial charge in [0.25, 0.3) is 0 Å². The highest BCUT2D eigenvalue weighted by Gasteiger charge is 2.47. The molecular weight excluding hydrogens is 481 g/mol. The predicted octanol–water partition coefficient (Wildman–Crippen LogP) is 5.63. The zero-order valence-electron chi connectivity index (χ0n) is 19.3. The second-order valence-electron chi connectivity index (χ2n) is 9.26. The number of carboxylic acid groups (broad SMARTS) is 1. The van der Waals surface area contributed by atoms with Gasteiger partial charge in [-0.2, -0.15) is 13.2 Å². The van der Waals surface area contributed by atoms with Gasteiger partial charge in [0.05, 0.1) is 10.8 Å². The van der Waals surface area contributed by atoms with Gasteiger partial charge in [0.15, 0.2) is 0 Å². The van der Waals surface area contributed by atoms with Crippen molar-refractivity contribution in [3.63, 3.8) is 0 Å². The summed E-state index contributed by atoms with van der Waals surface area (Å²) < 4.78 is 38.9. The molecule has 1 aromatic carbocycles. The number of aryl methyl sites for hydroxylation is 1. The molecule has 3 aromatic rings. The molecule has 3 unspecified atom stereocenters. The van der Waals surface area contributed by atoms with Crippen LogP contribution in [0.3, 0.4) is 0 Å². The number of nitrogens with zero attached hydrogens (tertiary/aromatic N) is 3. The summed E-state index contributed by atoms with van der Waals surface area (Å²) in [6.45, 7) is 5.53. The summed E-state index contributed by atoms with van der Waals surface area (Å²) in [5.41, 5.74) is -0.117. The van der Waals surface area contributed by atoms with E-state index >= 15 is 0 Å². The highest BCUT2D eigenvalue weighted by atomic mass is 32.1. The molecule has 35 heavy (non-hydrogen) atoms. The van der Waals surface area contributed by atoms with E-state index in [1.165, 1.54) is 11.3 Å². The average Bonchev–Trinajstić information content (AvgIpc) is 3.23. The van der Waals surface area contributed by atoms with Crippen LogP contribution in [0.15, 0.2) is 36.7 Å². The number of anilines is 2. The Hall–Kier alpha value is -3.05. The van der Waals surface area contributed by atoms with Crippen LogP contribution in [0.1, 0.15) is 43.0 Å². The summed E-state index contributed by atoms with van der Waals surface area (Å²) in [4.78, 5) is 24.3. The molecule has 4 rings (SSSR count). The molecule has 0 amide bonds. The van der Waals surface area contributed by atoms with Crippen LogP contribution < -0.4 is 5.32 Å². The number of carboxylic acids is 1. The highest BCUT2D eigenvalue weighted by Crippen LogP contribution is 2.47. The second-order valence-corrected chi connectivity index (χ2v) is 10.3. The molecule has 186 valence electrons. The Morgan fingerprint density at radius 3 is 2.49 bits per heavy atom. The molecule has 3 N–H and O–H groups in total. The highest BCUT2D eigenvalue weighted by molar-refractivity contribution is 7.15. The van der Waals surface area contributed by atoms with Crippen molar-refractivity contribution in [3.8, 4) is 10.4 Å². The van der Waals surface area contributed by atoms with Crippen LogP contribution in [0.5, 0.6) is 0 Å². The SMILES string of the molecule is Cc1cc(Nc2nccc(C(F)(F)F)n2)cc(-c2cnc(C3(O)CC(C)C(C(=O)O)[C@H](C)C3)s2)c1. The number of halogens is 3. The number of aromatic nitrogens is 3. The number of thiazole rings is 1. The van der Waals surface area contributed by atoms with Crippen LogP contribution in [0.2, 0.25) is 0 Å². The van der Waals surface area contributed by atoms with E-state index < -0.39 is 29.4 Å². The maximum Gasteiger partial charge on any atom is 0.433 e. The Morgan fingerprint density at radius 2 is 1.86 bits per heavy atom. The van der Waals surface area contributed by atoms with Gasteiger partial charge in [-0.25, -0.2) is 15.0 Å². The lowest BCUT2D eigenvalue weighted by Crippen LogP contribution is -2.43. The smallest absolute Gasteiger partial charge is 0.433 e. The van der Waals surface area contributed by atoms with Crippen molar-refractivity contribution >= 4 is 28.9 Å². The fourth-order valence-corrected chi connectivity index (χ4v) is 5.96. The number of alkyl halides is 3. The van der Waals surface area contributed by atoms with E-state index in [1.54, 1.807) is 18.3 Å². The first-order chi connectivity index (χ1) is 16.4. The van der Waals surface area contributed by atoms with E-state index in [9.17, 15) is 28.2 Å². The summed E-state index contributed by atoms with van der Waals surface area (Å²) in [5.74, 6) is -1.96. The van der Waals surface area contributed by atoms with Gasteiger partial charge in [-0.15, -0.1) is 11.3 Å². The Bertz CT molecular complexity index is 1230. The van der Waals surface area contributed by atoms with Gasteiger partial charge in [0, 0.05) is 18.1 Å². The minimum atomic E-state index is -4.57. The maximum absolute atomic E-state index is 13.0. The lowest BCUT2D eigenvalue weighted by molar-refractivity contribution is -0.152. The monoisotopic (exact) mass is 506 g/mol. The van der Waals surface area contributed by atoms with Gasteiger partial charge in [-0.1, -0.05) is 19.9 Å². The molecule has 0 bridgehead atoms. The Kier molecular flexibility index (Phi) is 6.58. The number of hydrogen-bond acceptors (Lipinski definition) is 7. The summed E-state index contributed by atoms with van der Waals surface area (Å²) in [7, 11) is 0. The summed E-state index contributed by atoms with van der Waals surface area (Å²) >= 11 is 1.32. The van der Waals surface area contributed by atoms with Crippen LogP contribution >= 0.6 is 11.3 Å². The van der Waals surface area contributed by atoms with E-state index in [2.05, 4.69) is 20.3 Å². The molecular formula is C24H25F3N4O3S. The van der Waals surface area contributed by atoms with E-state index in [0.29, 0.717) is 23.5 Å². The standard InChI is InChI=1S/C24H25F3N4O3S/c1-12-6-15(8-16(7-12)30-22-28-5-4-18(31-22)24(25,26)27)17-11-29-21(35-17)23(34)9-13(2)19(20(32)33)14(3)10-23/h4-8,11,13-14,19,34H,9-10H2,1-3H3,(H,32,33)(H,28,30,31)/t13-,14?,19?,23?/m1/s1. The van der Waals surface area contributed by atoms with Crippen molar-refractivity contribution in [1.82, 2.24) is 15.0 Å². The Balaban J connectivity index is 1.59. The molecule has 2 aromatic heterocycles. The van der Waals surface area contributed by atoms with Crippen molar-refractivity contribution in [1.29, 1.82) is 0 Å². The largest absolute Gasteiger partial charge is 0.481 e. The van der Waals surface area contributed by atoms with Gasteiger partial charge in [-0.05, 0) is 60.9 Å². The number of nitrogens with one attached hydrogen (secondary N) is 1. The molecule has 0 spiro atoms. The molecule has 0 aliphatic heterocycles. The third kappa shape index (κ3) is 5.30. The molecule has 1 aliphatic carbocycles. The number of benzene rings is 1. The summed E-state index contributed by atoms with van der Waals surface area (Å²) in [5, 5.41) is 24.2. The van der Waals surface area contributed by atoms with Crippen LogP contribution in [0.4, 0.5) is 24.8 Å². The zero-order chi connectivity index (χ0) is 25.5. The molecule has 7 nitrogen and oxygen atoms in total. The number of carbonyl (C=O) groups is 1. The number of aliphatic hydroxyl groups is 1. The van der Waals surface area contributed by atoms with Crippen molar-refractivity contribution in [2.24, 2.45) is 17.8 Å². The van der Waals surface area contributed by atoms with E-state index in [4.69, 9.17) is 0 Å². The van der Waals surface area contributed by atoms with Gasteiger partial charge >= 0.3 is 12.1 Å². The molecule has 11 heteroatoms. The second kappa shape index (κ2) is 9.19. The molecule has 2 heterocycles. The lowest BCUT2D eigenvalue weighted by Gasteiger charge is -2.41. The third-order valence-electron chi connectivity index (χ3n) is 6.30. The average molecular weight is 507 g/mol. The Morgan fingerprint density at radius 1 is 1.17 bits per heavy atom. The molecule has 4 atom stereocenters. The van der Waals surface area contributed by atoms with Crippen molar-refractivity contribution < 1.29 is 28.2 Å². The Labute approximate surface area is 204 Å². The number of hydrogen-bond donors (Lipinski definition) is 3. The van der Waals surface area contributed by atoms with Crippen molar-refractivity contribution in [2.45, 2.75) is 45.4 Å². The fourth-order valence-electron chi connectivity index (χ4n) is 4.95. The first-order valence-electron chi connectivity index (χ1n) is 11.1. The first-order valence-corrected chi connectivity index (χ1v) is 11.9. The van der Waals surface area contributed by atoms with Crippen LogP contribution in [0, 0.1) is 24.7 Å². The normalized spacial score (nSPS) is 24.8. The topological polar surface area (TPSA) is 108 Å². The summed E-state index contributed by atoms with van der Waals surface area (Å²) in [6, 6.07) is 6.23. The van der Waals surface area contributed by atoms with Gasteiger partial charge < -0.3 is 15.5 Å². The zero-order valence-corrected chi connectivity index (χ0v) is 20.1. The van der Waals surface area contributed by atoms with Gasteiger partial charge in [0.1, 0.15) is 16.3 Å². The molecule has 1 aliphatic rings. The van der Waals surface area contributed by atoms with Gasteiger partial charge in [0.2, 0.25) is 5.95 Å².